The van der Waals surface area contributed by atoms with E-state index in [0.717, 1.165) is 25.7 Å². The highest BCUT2D eigenvalue weighted by Crippen LogP contribution is 2.37. The van der Waals surface area contributed by atoms with Gasteiger partial charge in [-0.3, -0.25) is 4.79 Å². The number of rotatable bonds is 3. The van der Waals surface area contributed by atoms with Gasteiger partial charge in [0.2, 0.25) is 11.8 Å². The van der Waals surface area contributed by atoms with Crippen LogP contribution >= 0.6 is 0 Å². The first-order valence-corrected chi connectivity index (χ1v) is 6.80. The molecule has 0 N–H and O–H groups in total. The van der Waals surface area contributed by atoms with Crippen molar-refractivity contribution in [2.45, 2.75) is 43.9 Å². The van der Waals surface area contributed by atoms with Crippen molar-refractivity contribution in [2.24, 2.45) is 0 Å². The Bertz CT molecular complexity index is 460. The number of aromatic nitrogens is 1. The van der Waals surface area contributed by atoms with Gasteiger partial charge in [-0.1, -0.05) is 12.6 Å². The molecule has 19 heavy (non-hydrogen) atoms. The highest BCUT2D eigenvalue weighted by molar-refractivity contribution is 5.87. The van der Waals surface area contributed by atoms with E-state index in [1.807, 2.05) is 23.1 Å². The summed E-state index contributed by atoms with van der Waals surface area (Å²) in [5.74, 6) is 0.735. The second-order valence-electron chi connectivity index (χ2n) is 5.21. The molecule has 1 aromatic heterocycles. The molecule has 0 aromatic carbocycles. The number of hydrogen-bond donors (Lipinski definition) is 0. The summed E-state index contributed by atoms with van der Waals surface area (Å²) in [5, 5.41) is 0. The summed E-state index contributed by atoms with van der Waals surface area (Å²) in [7, 11) is 0. The van der Waals surface area contributed by atoms with Gasteiger partial charge >= 0.3 is 0 Å². The highest BCUT2D eigenvalue weighted by Gasteiger charge is 2.43. The third-order valence-electron chi connectivity index (χ3n) is 4.04. The molecule has 0 saturated carbocycles. The van der Waals surface area contributed by atoms with Crippen LogP contribution in [-0.2, 0) is 4.79 Å². The van der Waals surface area contributed by atoms with Gasteiger partial charge < -0.3 is 9.64 Å². The number of ether oxygens (including phenoxy) is 1. The van der Waals surface area contributed by atoms with E-state index < -0.39 is 0 Å². The van der Waals surface area contributed by atoms with E-state index in [2.05, 4.69) is 11.6 Å². The van der Waals surface area contributed by atoms with Crippen LogP contribution in [0.25, 0.3) is 0 Å². The van der Waals surface area contributed by atoms with Crippen LogP contribution in [0, 0.1) is 0 Å². The van der Waals surface area contributed by atoms with Crippen molar-refractivity contribution >= 4 is 5.91 Å². The largest absolute Gasteiger partial charge is 0.474 e. The molecule has 4 nitrogen and oxygen atoms in total. The van der Waals surface area contributed by atoms with Crippen molar-refractivity contribution in [3.8, 4) is 5.88 Å². The Balaban J connectivity index is 1.67. The van der Waals surface area contributed by atoms with E-state index >= 15 is 0 Å². The molecular weight excluding hydrogens is 240 g/mol. The van der Waals surface area contributed by atoms with Crippen LogP contribution < -0.4 is 4.74 Å². The molecule has 0 aliphatic carbocycles. The molecule has 2 aliphatic heterocycles. The van der Waals surface area contributed by atoms with Crippen molar-refractivity contribution < 1.29 is 9.53 Å². The minimum absolute atomic E-state index is 0.0591. The summed E-state index contributed by atoms with van der Waals surface area (Å²) in [4.78, 5) is 18.0. The fraction of sp³-hybridized carbons (Fsp3) is 0.467. The third-order valence-corrected chi connectivity index (χ3v) is 4.04. The second kappa shape index (κ2) is 5.03. The zero-order valence-electron chi connectivity index (χ0n) is 10.9. The molecule has 1 aromatic rings. The van der Waals surface area contributed by atoms with Gasteiger partial charge in [0.05, 0.1) is 0 Å². The van der Waals surface area contributed by atoms with Gasteiger partial charge in [0.25, 0.3) is 0 Å². The molecule has 1 unspecified atom stereocenters. The van der Waals surface area contributed by atoms with Crippen molar-refractivity contribution in [3.05, 3.63) is 37.1 Å². The van der Waals surface area contributed by atoms with Gasteiger partial charge in [0.15, 0.2) is 0 Å². The summed E-state index contributed by atoms with van der Waals surface area (Å²) in [6.07, 6.45) is 7.27. The topological polar surface area (TPSA) is 42.4 Å². The summed E-state index contributed by atoms with van der Waals surface area (Å²) < 4.78 is 5.92. The average molecular weight is 258 g/mol. The zero-order chi connectivity index (χ0) is 13.2. The van der Waals surface area contributed by atoms with E-state index in [4.69, 9.17) is 4.74 Å². The normalized spacial score (nSPS) is 29.1. The third kappa shape index (κ3) is 2.35. The van der Waals surface area contributed by atoms with Crippen LogP contribution in [-0.4, -0.2) is 34.0 Å². The molecule has 2 bridgehead atoms. The van der Waals surface area contributed by atoms with Gasteiger partial charge in [-0.05, 0) is 25.0 Å². The van der Waals surface area contributed by atoms with E-state index in [-0.39, 0.29) is 12.0 Å². The molecule has 0 radical (unpaired) electrons. The lowest BCUT2D eigenvalue weighted by Gasteiger charge is -2.38. The molecule has 2 saturated heterocycles. The number of pyridine rings is 1. The Morgan fingerprint density at radius 1 is 1.37 bits per heavy atom. The lowest BCUT2D eigenvalue weighted by molar-refractivity contribution is -0.131. The fourth-order valence-corrected chi connectivity index (χ4v) is 3.28. The molecule has 3 heterocycles. The maximum atomic E-state index is 11.8. The summed E-state index contributed by atoms with van der Waals surface area (Å²) in [5.41, 5.74) is 0. The van der Waals surface area contributed by atoms with E-state index in [1.54, 1.807) is 6.20 Å². The molecule has 100 valence electrons. The van der Waals surface area contributed by atoms with Crippen LogP contribution in [0.4, 0.5) is 0 Å². The number of fused-ring (bicyclic) bond motifs is 2. The smallest absolute Gasteiger partial charge is 0.246 e. The quantitative estimate of drug-likeness (QED) is 0.780. The number of carbonyl (C=O) groups is 1. The predicted octanol–water partition coefficient (Wildman–Crippen LogP) is 2.17. The highest BCUT2D eigenvalue weighted by atomic mass is 16.5. The van der Waals surface area contributed by atoms with Gasteiger partial charge in [-0.2, -0.15) is 0 Å². The lowest BCUT2D eigenvalue weighted by atomic mass is 9.99. The molecule has 2 aliphatic rings. The predicted molar refractivity (Wildman–Crippen MR) is 71.7 cm³/mol. The number of amides is 1. The SMILES string of the molecule is C=CC(=O)N1C2CC[C@H]1C[C@@H](Oc1ccccn1)C2. The van der Waals surface area contributed by atoms with Crippen molar-refractivity contribution in [3.63, 3.8) is 0 Å². The Kier molecular flexibility index (Phi) is 3.23. The van der Waals surface area contributed by atoms with Crippen molar-refractivity contribution in [1.29, 1.82) is 0 Å². The first-order chi connectivity index (χ1) is 9.28. The molecular formula is C15H18N2O2. The summed E-state index contributed by atoms with van der Waals surface area (Å²) in [6.45, 7) is 3.59. The first kappa shape index (κ1) is 12.2. The van der Waals surface area contributed by atoms with Gasteiger partial charge in [-0.25, -0.2) is 4.98 Å². The molecule has 4 heteroatoms. The summed E-state index contributed by atoms with van der Waals surface area (Å²) >= 11 is 0. The van der Waals surface area contributed by atoms with Gasteiger partial charge in [-0.15, -0.1) is 0 Å². The number of nitrogens with zero attached hydrogens (tertiary/aromatic N) is 2. The van der Waals surface area contributed by atoms with Crippen molar-refractivity contribution in [1.82, 2.24) is 9.88 Å². The summed E-state index contributed by atoms with van der Waals surface area (Å²) in [6, 6.07) is 6.29. The van der Waals surface area contributed by atoms with E-state index in [1.165, 1.54) is 6.08 Å². The average Bonchev–Trinajstić information content (AvgIpc) is 2.71. The molecule has 3 rings (SSSR count). The Morgan fingerprint density at radius 2 is 2.11 bits per heavy atom. The fourth-order valence-electron chi connectivity index (χ4n) is 3.28. The molecule has 0 spiro atoms. The number of piperidine rings is 1. The number of hydrogen-bond acceptors (Lipinski definition) is 3. The maximum absolute atomic E-state index is 11.8. The minimum Gasteiger partial charge on any atom is -0.474 e. The number of carbonyl (C=O) groups excluding carboxylic acids is 1. The van der Waals surface area contributed by atoms with Gasteiger partial charge in [0, 0.05) is 37.2 Å². The maximum Gasteiger partial charge on any atom is 0.246 e. The van der Waals surface area contributed by atoms with Gasteiger partial charge in [0.1, 0.15) is 6.10 Å². The zero-order valence-corrected chi connectivity index (χ0v) is 10.9. The monoisotopic (exact) mass is 258 g/mol. The van der Waals surface area contributed by atoms with E-state index in [0.29, 0.717) is 18.0 Å². The standard InChI is InChI=1S/C15H18N2O2/c1-2-15(18)17-11-6-7-12(17)10-13(9-11)19-14-5-3-4-8-16-14/h2-5,8,11-13H,1,6-7,9-10H2/t11-,12?,13+/m0/s1. The minimum atomic E-state index is 0.0591. The Morgan fingerprint density at radius 3 is 2.68 bits per heavy atom. The molecule has 1 amide bonds. The first-order valence-electron chi connectivity index (χ1n) is 6.80. The Labute approximate surface area is 113 Å². The van der Waals surface area contributed by atoms with Crippen LogP contribution in [0.3, 0.4) is 0 Å². The van der Waals surface area contributed by atoms with Crippen LogP contribution in [0.15, 0.2) is 37.1 Å². The second-order valence-corrected chi connectivity index (χ2v) is 5.21. The van der Waals surface area contributed by atoms with Crippen LogP contribution in [0.5, 0.6) is 5.88 Å². The Hall–Kier alpha value is -1.84. The van der Waals surface area contributed by atoms with E-state index in [9.17, 15) is 4.79 Å². The van der Waals surface area contributed by atoms with Crippen molar-refractivity contribution in [2.75, 3.05) is 0 Å². The van der Waals surface area contributed by atoms with Crippen LogP contribution in [0.2, 0.25) is 0 Å². The van der Waals surface area contributed by atoms with Crippen LogP contribution in [0.1, 0.15) is 25.7 Å². The lowest BCUT2D eigenvalue weighted by Crippen LogP contribution is -2.48. The molecule has 3 atom stereocenters. The molecule has 2 fully saturated rings.